The van der Waals surface area contributed by atoms with Crippen molar-refractivity contribution in [3.63, 3.8) is 0 Å². The number of hydrogen-bond acceptors (Lipinski definition) is 3. The summed E-state index contributed by atoms with van der Waals surface area (Å²) in [5, 5.41) is 2.82. The van der Waals surface area contributed by atoms with Crippen molar-refractivity contribution >= 4 is 12.0 Å². The van der Waals surface area contributed by atoms with E-state index in [1.54, 1.807) is 0 Å². The molecule has 0 spiro atoms. The van der Waals surface area contributed by atoms with Crippen molar-refractivity contribution in [1.82, 2.24) is 10.2 Å². The van der Waals surface area contributed by atoms with E-state index >= 15 is 0 Å². The lowest BCUT2D eigenvalue weighted by Gasteiger charge is -2.32. The van der Waals surface area contributed by atoms with Gasteiger partial charge in [-0.05, 0) is 24.8 Å². The Morgan fingerprint density at radius 3 is 2.61 bits per heavy atom. The maximum atomic E-state index is 12.2. The third-order valence-electron chi connectivity index (χ3n) is 3.97. The molecule has 1 aliphatic rings. The van der Waals surface area contributed by atoms with Crippen molar-refractivity contribution in [3.05, 3.63) is 48.6 Å². The fraction of sp³-hybridized carbons (Fsp3) is 0.444. The van der Waals surface area contributed by atoms with Crippen molar-refractivity contribution in [2.75, 3.05) is 19.7 Å². The highest BCUT2D eigenvalue weighted by molar-refractivity contribution is 5.76. The largest absolute Gasteiger partial charge is 0.445 e. The van der Waals surface area contributed by atoms with Crippen LogP contribution in [0.25, 0.3) is 0 Å². The Balaban J connectivity index is 1.68. The Morgan fingerprint density at radius 1 is 1.26 bits per heavy atom. The summed E-state index contributed by atoms with van der Waals surface area (Å²) in [7, 11) is 0. The van der Waals surface area contributed by atoms with Crippen LogP contribution < -0.4 is 5.32 Å². The van der Waals surface area contributed by atoms with E-state index in [0.29, 0.717) is 19.5 Å². The van der Waals surface area contributed by atoms with Gasteiger partial charge < -0.3 is 15.0 Å². The molecule has 1 saturated heterocycles. The second-order valence-corrected chi connectivity index (χ2v) is 5.67. The monoisotopic (exact) mass is 316 g/mol. The molecule has 0 unspecified atom stereocenters. The third kappa shape index (κ3) is 5.77. The molecule has 1 N–H and O–H groups in total. The van der Waals surface area contributed by atoms with Crippen molar-refractivity contribution < 1.29 is 14.3 Å². The van der Waals surface area contributed by atoms with Crippen LogP contribution in [-0.4, -0.2) is 42.6 Å². The van der Waals surface area contributed by atoms with Gasteiger partial charge in [-0.3, -0.25) is 4.79 Å². The number of aryl methyl sites for hydroxylation is 1. The fourth-order valence-corrected chi connectivity index (χ4v) is 2.67. The lowest BCUT2D eigenvalue weighted by molar-refractivity contribution is -0.132. The molecule has 23 heavy (non-hydrogen) atoms. The highest BCUT2D eigenvalue weighted by atomic mass is 16.5. The minimum absolute atomic E-state index is 0.0745. The Labute approximate surface area is 137 Å². The maximum absolute atomic E-state index is 12.2. The number of ether oxygens (including phenoxy) is 1. The topological polar surface area (TPSA) is 58.6 Å². The molecule has 0 atom stereocenters. The van der Waals surface area contributed by atoms with Crippen LogP contribution in [0.4, 0.5) is 4.79 Å². The minimum atomic E-state index is -0.418. The van der Waals surface area contributed by atoms with E-state index < -0.39 is 6.09 Å². The van der Waals surface area contributed by atoms with Crippen LogP contribution in [0, 0.1) is 0 Å². The highest BCUT2D eigenvalue weighted by Gasteiger charge is 2.23. The molecule has 5 heteroatoms. The summed E-state index contributed by atoms with van der Waals surface area (Å²) >= 11 is 0. The molecule has 1 aliphatic heterocycles. The van der Waals surface area contributed by atoms with E-state index in [1.165, 1.54) is 11.6 Å². The van der Waals surface area contributed by atoms with Crippen LogP contribution in [0.1, 0.15) is 24.8 Å². The molecule has 2 rings (SSSR count). The molecule has 0 saturated carbocycles. The number of likely N-dealkylation sites (tertiary alicyclic amines) is 1. The van der Waals surface area contributed by atoms with Gasteiger partial charge in [0.15, 0.2) is 0 Å². The van der Waals surface area contributed by atoms with Gasteiger partial charge >= 0.3 is 6.09 Å². The van der Waals surface area contributed by atoms with E-state index in [-0.39, 0.29) is 18.6 Å². The number of benzene rings is 1. The van der Waals surface area contributed by atoms with Gasteiger partial charge in [-0.2, -0.15) is 0 Å². The molecule has 0 radical (unpaired) electrons. The predicted molar refractivity (Wildman–Crippen MR) is 89.0 cm³/mol. The molecule has 2 amide bonds. The fourth-order valence-electron chi connectivity index (χ4n) is 2.67. The van der Waals surface area contributed by atoms with Crippen LogP contribution in [-0.2, 0) is 16.0 Å². The number of hydrogen-bond donors (Lipinski definition) is 1. The van der Waals surface area contributed by atoms with Gasteiger partial charge in [-0.1, -0.05) is 43.0 Å². The summed E-state index contributed by atoms with van der Waals surface area (Å²) in [5.74, 6) is 0.182. The highest BCUT2D eigenvalue weighted by Crippen LogP contribution is 2.13. The molecule has 1 aromatic rings. The average molecular weight is 316 g/mol. The van der Waals surface area contributed by atoms with Crippen molar-refractivity contribution in [2.24, 2.45) is 0 Å². The van der Waals surface area contributed by atoms with E-state index in [9.17, 15) is 9.59 Å². The molecule has 0 aliphatic carbocycles. The maximum Gasteiger partial charge on any atom is 0.407 e. The molecular weight excluding hydrogens is 292 g/mol. The molecular formula is C18H24N2O3. The van der Waals surface area contributed by atoms with Crippen LogP contribution in [0.2, 0.25) is 0 Å². The van der Waals surface area contributed by atoms with Gasteiger partial charge in [0.2, 0.25) is 5.91 Å². The first-order valence-electron chi connectivity index (χ1n) is 8.05. The molecule has 5 nitrogen and oxygen atoms in total. The minimum Gasteiger partial charge on any atom is -0.445 e. The normalized spacial score (nSPS) is 15.0. The van der Waals surface area contributed by atoms with Crippen LogP contribution in [0.3, 0.4) is 0 Å². The Morgan fingerprint density at radius 2 is 1.96 bits per heavy atom. The lowest BCUT2D eigenvalue weighted by Crippen LogP contribution is -2.46. The number of nitrogens with one attached hydrogen (secondary N) is 1. The van der Waals surface area contributed by atoms with Crippen molar-refractivity contribution in [1.29, 1.82) is 0 Å². The molecule has 1 fully saturated rings. The average Bonchev–Trinajstić information content (AvgIpc) is 2.59. The first-order valence-corrected chi connectivity index (χ1v) is 8.05. The SMILES string of the molecule is C=CCOC(=O)NC1CCN(C(=O)CCc2ccccc2)CC1. The number of carbonyl (C=O) groups excluding carboxylic acids is 2. The first-order chi connectivity index (χ1) is 11.2. The standard InChI is InChI=1S/C18H24N2O3/c1-2-14-23-18(22)19-16-10-12-20(13-11-16)17(21)9-8-15-6-4-3-5-7-15/h2-7,16H,1,8-14H2,(H,19,22). The molecule has 0 aromatic heterocycles. The summed E-state index contributed by atoms with van der Waals surface area (Å²) in [6.07, 6.45) is 3.95. The first kappa shape index (κ1) is 17.1. The van der Waals surface area contributed by atoms with Gasteiger partial charge in [0.25, 0.3) is 0 Å². The predicted octanol–water partition coefficient (Wildman–Crippen LogP) is 2.52. The van der Waals surface area contributed by atoms with Gasteiger partial charge in [-0.15, -0.1) is 0 Å². The van der Waals surface area contributed by atoms with Gasteiger partial charge in [0, 0.05) is 25.6 Å². The quantitative estimate of drug-likeness (QED) is 0.821. The number of piperidine rings is 1. The number of amides is 2. The molecule has 1 heterocycles. The Bertz CT molecular complexity index is 522. The second kappa shape index (κ2) is 8.98. The van der Waals surface area contributed by atoms with Crippen molar-refractivity contribution in [3.8, 4) is 0 Å². The van der Waals surface area contributed by atoms with E-state index in [2.05, 4.69) is 11.9 Å². The van der Waals surface area contributed by atoms with Crippen LogP contribution in [0.5, 0.6) is 0 Å². The van der Waals surface area contributed by atoms with E-state index in [1.807, 2.05) is 35.2 Å². The molecule has 124 valence electrons. The second-order valence-electron chi connectivity index (χ2n) is 5.67. The number of carbonyl (C=O) groups is 2. The van der Waals surface area contributed by atoms with Crippen LogP contribution >= 0.6 is 0 Å². The van der Waals surface area contributed by atoms with Crippen molar-refractivity contribution in [2.45, 2.75) is 31.7 Å². The smallest absolute Gasteiger partial charge is 0.407 e. The lowest BCUT2D eigenvalue weighted by atomic mass is 10.0. The number of alkyl carbamates (subject to hydrolysis) is 1. The number of nitrogens with zero attached hydrogens (tertiary/aromatic N) is 1. The zero-order valence-electron chi connectivity index (χ0n) is 13.4. The van der Waals surface area contributed by atoms with Gasteiger partial charge in [0.05, 0.1) is 0 Å². The molecule has 0 bridgehead atoms. The molecule has 1 aromatic carbocycles. The zero-order chi connectivity index (χ0) is 16.5. The van der Waals surface area contributed by atoms with E-state index in [0.717, 1.165) is 19.3 Å². The summed E-state index contributed by atoms with van der Waals surface area (Å²) < 4.78 is 4.91. The van der Waals surface area contributed by atoms with Gasteiger partial charge in [-0.25, -0.2) is 4.79 Å². The van der Waals surface area contributed by atoms with Crippen LogP contribution in [0.15, 0.2) is 43.0 Å². The summed E-state index contributed by atoms with van der Waals surface area (Å²) in [4.78, 5) is 25.6. The Kier molecular flexibility index (Phi) is 6.66. The summed E-state index contributed by atoms with van der Waals surface area (Å²) in [6, 6.07) is 10.1. The number of rotatable bonds is 6. The summed E-state index contributed by atoms with van der Waals surface area (Å²) in [5.41, 5.74) is 1.18. The van der Waals surface area contributed by atoms with Gasteiger partial charge in [0.1, 0.15) is 6.61 Å². The summed E-state index contributed by atoms with van der Waals surface area (Å²) in [6.45, 7) is 5.07. The zero-order valence-corrected chi connectivity index (χ0v) is 13.4. The Hall–Kier alpha value is -2.30. The van der Waals surface area contributed by atoms with E-state index in [4.69, 9.17) is 4.74 Å². The third-order valence-corrected chi connectivity index (χ3v) is 3.97.